The number of carbonyl (C=O) groups is 2. The third-order valence-electron chi connectivity index (χ3n) is 3.90. The first kappa shape index (κ1) is 16.0. The third kappa shape index (κ3) is 4.82. The van der Waals surface area contributed by atoms with Gasteiger partial charge in [0.15, 0.2) is 0 Å². The van der Waals surface area contributed by atoms with E-state index in [2.05, 4.69) is 5.32 Å². The predicted octanol–water partition coefficient (Wildman–Crippen LogP) is 0.735. The van der Waals surface area contributed by atoms with Crippen molar-refractivity contribution in [3.05, 3.63) is 0 Å². The van der Waals surface area contributed by atoms with Gasteiger partial charge in [0.2, 0.25) is 11.8 Å². The topological polar surface area (TPSA) is 75.4 Å². The molecule has 19 heavy (non-hydrogen) atoms. The average molecular weight is 269 g/mol. The highest BCUT2D eigenvalue weighted by molar-refractivity contribution is 5.87. The molecular weight excluding hydrogens is 242 g/mol. The molecule has 0 aromatic heterocycles. The highest BCUT2D eigenvalue weighted by atomic mass is 16.2. The summed E-state index contributed by atoms with van der Waals surface area (Å²) in [5, 5.41) is 2.83. The van der Waals surface area contributed by atoms with Gasteiger partial charge in [-0.05, 0) is 38.6 Å². The van der Waals surface area contributed by atoms with E-state index in [1.54, 1.807) is 21.0 Å². The van der Waals surface area contributed by atoms with Crippen molar-refractivity contribution in [3.8, 4) is 0 Å². The van der Waals surface area contributed by atoms with Crippen LogP contribution >= 0.6 is 0 Å². The molecular formula is C14H27N3O2. The summed E-state index contributed by atoms with van der Waals surface area (Å²) in [4.78, 5) is 25.4. The van der Waals surface area contributed by atoms with E-state index in [0.717, 1.165) is 25.7 Å². The molecule has 3 atom stereocenters. The zero-order chi connectivity index (χ0) is 14.4. The molecule has 0 spiro atoms. The fraction of sp³-hybridized carbons (Fsp3) is 0.857. The van der Waals surface area contributed by atoms with Crippen LogP contribution in [0.2, 0.25) is 0 Å². The number of hydrogen-bond donors (Lipinski definition) is 2. The van der Waals surface area contributed by atoms with E-state index in [4.69, 9.17) is 5.73 Å². The molecule has 2 amide bonds. The molecule has 0 aromatic rings. The lowest BCUT2D eigenvalue weighted by Gasteiger charge is -2.29. The number of hydrogen-bond acceptors (Lipinski definition) is 3. The number of carbonyl (C=O) groups excluding carboxylic acids is 2. The van der Waals surface area contributed by atoms with Crippen LogP contribution in [0, 0.1) is 11.8 Å². The lowest BCUT2D eigenvalue weighted by atomic mass is 9.79. The van der Waals surface area contributed by atoms with Crippen molar-refractivity contribution >= 4 is 11.8 Å². The molecule has 1 rings (SSSR count). The summed E-state index contributed by atoms with van der Waals surface area (Å²) in [6, 6.07) is -0.447. The maximum absolute atomic E-state index is 12.2. The molecule has 110 valence electrons. The fourth-order valence-corrected chi connectivity index (χ4v) is 2.81. The van der Waals surface area contributed by atoms with Crippen LogP contribution in [0.25, 0.3) is 0 Å². The van der Waals surface area contributed by atoms with Crippen molar-refractivity contribution < 1.29 is 9.59 Å². The summed E-state index contributed by atoms with van der Waals surface area (Å²) in [7, 11) is 3.39. The molecule has 3 N–H and O–H groups in total. The first-order valence-electron chi connectivity index (χ1n) is 7.17. The van der Waals surface area contributed by atoms with Gasteiger partial charge < -0.3 is 16.0 Å². The average Bonchev–Trinajstić information content (AvgIpc) is 2.38. The van der Waals surface area contributed by atoms with Crippen LogP contribution in [0.3, 0.4) is 0 Å². The van der Waals surface area contributed by atoms with Crippen LogP contribution in [0.1, 0.15) is 39.0 Å². The highest BCUT2D eigenvalue weighted by Crippen LogP contribution is 2.30. The van der Waals surface area contributed by atoms with Gasteiger partial charge in [0.25, 0.3) is 0 Å². The van der Waals surface area contributed by atoms with Crippen molar-refractivity contribution in [2.75, 3.05) is 20.6 Å². The van der Waals surface area contributed by atoms with Gasteiger partial charge >= 0.3 is 0 Å². The Labute approximate surface area is 115 Å². The van der Waals surface area contributed by atoms with Crippen molar-refractivity contribution in [1.82, 2.24) is 10.2 Å². The Morgan fingerprint density at radius 2 is 2.05 bits per heavy atom. The van der Waals surface area contributed by atoms with Crippen molar-refractivity contribution in [3.63, 3.8) is 0 Å². The number of nitrogens with two attached hydrogens (primary N) is 1. The SMILES string of the molecule is CC(NC(=O)C1CCCC(CCN)C1)C(=O)N(C)C. The zero-order valence-corrected chi connectivity index (χ0v) is 12.3. The van der Waals surface area contributed by atoms with Crippen LogP contribution < -0.4 is 11.1 Å². The van der Waals surface area contributed by atoms with Crippen LogP contribution in [0.4, 0.5) is 0 Å². The Morgan fingerprint density at radius 1 is 1.37 bits per heavy atom. The molecule has 5 heteroatoms. The van der Waals surface area contributed by atoms with E-state index < -0.39 is 6.04 Å². The quantitative estimate of drug-likeness (QED) is 0.773. The molecule has 1 aliphatic rings. The highest BCUT2D eigenvalue weighted by Gasteiger charge is 2.28. The second kappa shape index (κ2) is 7.48. The first-order valence-corrected chi connectivity index (χ1v) is 7.17. The van der Waals surface area contributed by atoms with Crippen LogP contribution in [-0.4, -0.2) is 43.4 Å². The summed E-state index contributed by atoms with van der Waals surface area (Å²) in [5.74, 6) is 0.559. The molecule has 1 saturated carbocycles. The van der Waals surface area contributed by atoms with Gasteiger partial charge in [0.05, 0.1) is 0 Å². The molecule has 1 fully saturated rings. The summed E-state index contributed by atoms with van der Waals surface area (Å²) >= 11 is 0. The minimum Gasteiger partial charge on any atom is -0.347 e. The van der Waals surface area contributed by atoms with E-state index >= 15 is 0 Å². The molecule has 0 aliphatic heterocycles. The predicted molar refractivity (Wildman–Crippen MR) is 75.4 cm³/mol. The first-order chi connectivity index (χ1) is 8.95. The number of amides is 2. The Kier molecular flexibility index (Phi) is 6.28. The van der Waals surface area contributed by atoms with E-state index in [1.807, 2.05) is 0 Å². The second-order valence-corrected chi connectivity index (χ2v) is 5.77. The smallest absolute Gasteiger partial charge is 0.244 e. The Hall–Kier alpha value is -1.10. The van der Waals surface area contributed by atoms with E-state index in [0.29, 0.717) is 12.5 Å². The Balaban J connectivity index is 2.46. The minimum atomic E-state index is -0.447. The lowest BCUT2D eigenvalue weighted by molar-refractivity contribution is -0.135. The van der Waals surface area contributed by atoms with Gasteiger partial charge in [-0.3, -0.25) is 9.59 Å². The summed E-state index contributed by atoms with van der Waals surface area (Å²) in [5.41, 5.74) is 5.58. The summed E-state index contributed by atoms with van der Waals surface area (Å²) in [6.07, 6.45) is 5.09. The van der Waals surface area contributed by atoms with Crippen LogP contribution in [-0.2, 0) is 9.59 Å². The van der Waals surface area contributed by atoms with Crippen molar-refractivity contribution in [1.29, 1.82) is 0 Å². The molecule has 0 bridgehead atoms. The number of nitrogens with zero attached hydrogens (tertiary/aromatic N) is 1. The second-order valence-electron chi connectivity index (χ2n) is 5.77. The number of rotatable bonds is 5. The summed E-state index contributed by atoms with van der Waals surface area (Å²) < 4.78 is 0. The number of nitrogens with one attached hydrogen (secondary N) is 1. The molecule has 3 unspecified atom stereocenters. The summed E-state index contributed by atoms with van der Waals surface area (Å²) in [6.45, 7) is 2.43. The minimum absolute atomic E-state index is 0.0180. The largest absolute Gasteiger partial charge is 0.347 e. The zero-order valence-electron chi connectivity index (χ0n) is 12.3. The third-order valence-corrected chi connectivity index (χ3v) is 3.90. The van der Waals surface area contributed by atoms with Gasteiger partial charge in [-0.2, -0.15) is 0 Å². The van der Waals surface area contributed by atoms with Gasteiger partial charge in [0, 0.05) is 20.0 Å². The van der Waals surface area contributed by atoms with Gasteiger partial charge in [-0.1, -0.05) is 12.8 Å². The van der Waals surface area contributed by atoms with Crippen LogP contribution in [0.15, 0.2) is 0 Å². The maximum Gasteiger partial charge on any atom is 0.244 e. The fourth-order valence-electron chi connectivity index (χ4n) is 2.81. The Morgan fingerprint density at radius 3 is 2.63 bits per heavy atom. The lowest BCUT2D eigenvalue weighted by Crippen LogP contribution is -2.46. The number of likely N-dealkylation sites (N-methyl/N-ethyl adjacent to an activating group) is 1. The Bertz CT molecular complexity index is 316. The van der Waals surface area contributed by atoms with Crippen LogP contribution in [0.5, 0.6) is 0 Å². The van der Waals surface area contributed by atoms with E-state index in [9.17, 15) is 9.59 Å². The van der Waals surface area contributed by atoms with E-state index in [-0.39, 0.29) is 17.7 Å². The monoisotopic (exact) mass is 269 g/mol. The standard InChI is InChI=1S/C14H27N3O2/c1-10(14(19)17(2)3)16-13(18)12-6-4-5-11(9-12)7-8-15/h10-12H,4-9,15H2,1-3H3,(H,16,18). The maximum atomic E-state index is 12.2. The molecule has 0 saturated heterocycles. The van der Waals surface area contributed by atoms with E-state index in [1.165, 1.54) is 11.3 Å². The van der Waals surface area contributed by atoms with Gasteiger partial charge in [-0.15, -0.1) is 0 Å². The molecule has 0 aromatic carbocycles. The molecule has 0 heterocycles. The van der Waals surface area contributed by atoms with Gasteiger partial charge in [0.1, 0.15) is 6.04 Å². The van der Waals surface area contributed by atoms with Gasteiger partial charge in [-0.25, -0.2) is 0 Å². The molecule has 1 aliphatic carbocycles. The normalized spacial score (nSPS) is 24.6. The van der Waals surface area contributed by atoms with Crippen molar-refractivity contribution in [2.45, 2.75) is 45.1 Å². The molecule has 5 nitrogen and oxygen atoms in total. The molecule has 0 radical (unpaired) electrons. The van der Waals surface area contributed by atoms with Crippen molar-refractivity contribution in [2.24, 2.45) is 17.6 Å².